The van der Waals surface area contributed by atoms with Crippen molar-refractivity contribution in [3.8, 4) is 5.75 Å². The van der Waals surface area contributed by atoms with Gasteiger partial charge in [-0.1, -0.05) is 26.0 Å². The lowest BCUT2D eigenvalue weighted by Crippen LogP contribution is -2.24. The molecule has 1 aromatic rings. The van der Waals surface area contributed by atoms with Crippen LogP contribution in [0.3, 0.4) is 0 Å². The predicted octanol–water partition coefficient (Wildman–Crippen LogP) is 3.41. The third-order valence-corrected chi connectivity index (χ3v) is 3.13. The summed E-state index contributed by atoms with van der Waals surface area (Å²) >= 11 is 0. The molecule has 1 N–H and O–H groups in total. The zero-order chi connectivity index (χ0) is 14.1. The molecular weight excluding hydrogens is 238 g/mol. The van der Waals surface area contributed by atoms with E-state index in [4.69, 9.17) is 9.47 Å². The third-order valence-electron chi connectivity index (χ3n) is 3.13. The molecule has 0 aliphatic heterocycles. The quantitative estimate of drug-likeness (QED) is 0.742. The Morgan fingerprint density at radius 2 is 1.84 bits per heavy atom. The Morgan fingerprint density at radius 3 is 2.37 bits per heavy atom. The Morgan fingerprint density at radius 1 is 1.16 bits per heavy atom. The van der Waals surface area contributed by atoms with Crippen LogP contribution < -0.4 is 10.1 Å². The molecule has 0 fully saturated rings. The van der Waals surface area contributed by atoms with Gasteiger partial charge in [-0.15, -0.1) is 0 Å². The normalized spacial score (nSPS) is 14.1. The Kier molecular flexibility index (Phi) is 7.53. The van der Waals surface area contributed by atoms with Gasteiger partial charge >= 0.3 is 0 Å². The van der Waals surface area contributed by atoms with Crippen molar-refractivity contribution in [1.29, 1.82) is 0 Å². The van der Waals surface area contributed by atoms with Crippen LogP contribution in [0.1, 0.15) is 38.8 Å². The van der Waals surface area contributed by atoms with E-state index < -0.39 is 0 Å². The maximum absolute atomic E-state index is 5.48. The molecule has 0 heterocycles. The molecule has 0 aliphatic rings. The highest BCUT2D eigenvalue weighted by atomic mass is 16.5. The van der Waals surface area contributed by atoms with E-state index in [2.05, 4.69) is 31.3 Å². The molecule has 3 nitrogen and oxygen atoms in total. The van der Waals surface area contributed by atoms with Gasteiger partial charge in [0, 0.05) is 19.8 Å². The van der Waals surface area contributed by atoms with Crippen LogP contribution in [0.5, 0.6) is 5.75 Å². The Hall–Kier alpha value is -1.06. The second-order valence-electron chi connectivity index (χ2n) is 4.91. The predicted molar refractivity (Wildman–Crippen MR) is 79.7 cm³/mol. The first-order valence-corrected chi connectivity index (χ1v) is 7.16. The summed E-state index contributed by atoms with van der Waals surface area (Å²) in [5, 5.41) is 3.54. The summed E-state index contributed by atoms with van der Waals surface area (Å²) in [6.07, 6.45) is 1.08. The molecule has 0 bridgehead atoms. The fourth-order valence-corrected chi connectivity index (χ4v) is 2.30. The largest absolute Gasteiger partial charge is 0.494 e. The number of rotatable bonds is 9. The topological polar surface area (TPSA) is 30.5 Å². The van der Waals surface area contributed by atoms with E-state index in [1.165, 1.54) is 5.56 Å². The molecule has 3 heteroatoms. The lowest BCUT2D eigenvalue weighted by Gasteiger charge is -2.22. The first kappa shape index (κ1) is 16.0. The van der Waals surface area contributed by atoms with Crippen molar-refractivity contribution in [2.24, 2.45) is 5.92 Å². The molecule has 1 rings (SSSR count). The average Bonchev–Trinajstić information content (AvgIpc) is 2.40. The summed E-state index contributed by atoms with van der Waals surface area (Å²) in [5.74, 6) is 1.48. The monoisotopic (exact) mass is 265 g/mol. The zero-order valence-corrected chi connectivity index (χ0v) is 12.6. The van der Waals surface area contributed by atoms with Crippen LogP contribution in [-0.2, 0) is 4.74 Å². The molecule has 0 aromatic heterocycles. The molecule has 0 saturated heterocycles. The lowest BCUT2D eigenvalue weighted by molar-refractivity contribution is 0.149. The van der Waals surface area contributed by atoms with Gasteiger partial charge < -0.3 is 14.8 Å². The van der Waals surface area contributed by atoms with E-state index in [1.807, 2.05) is 19.1 Å². The van der Waals surface area contributed by atoms with Gasteiger partial charge in [0.25, 0.3) is 0 Å². The first-order valence-electron chi connectivity index (χ1n) is 7.16. The van der Waals surface area contributed by atoms with Crippen molar-refractivity contribution >= 4 is 0 Å². The Labute approximate surface area is 117 Å². The number of nitrogens with one attached hydrogen (secondary N) is 1. The van der Waals surface area contributed by atoms with Crippen molar-refractivity contribution < 1.29 is 9.47 Å². The van der Waals surface area contributed by atoms with E-state index >= 15 is 0 Å². The second-order valence-corrected chi connectivity index (χ2v) is 4.91. The molecule has 1 aromatic carbocycles. The van der Waals surface area contributed by atoms with Crippen LogP contribution in [0.4, 0.5) is 0 Å². The third kappa shape index (κ3) is 5.62. The Balaban J connectivity index is 2.68. The number of benzene rings is 1. The van der Waals surface area contributed by atoms with Gasteiger partial charge in [0.1, 0.15) is 5.75 Å². The highest BCUT2D eigenvalue weighted by Crippen LogP contribution is 2.23. The van der Waals surface area contributed by atoms with Gasteiger partial charge in [0.2, 0.25) is 0 Å². The minimum Gasteiger partial charge on any atom is -0.494 e. The van der Waals surface area contributed by atoms with E-state index in [9.17, 15) is 0 Å². The molecule has 2 unspecified atom stereocenters. The molecule has 108 valence electrons. The van der Waals surface area contributed by atoms with Gasteiger partial charge in [0.05, 0.1) is 6.61 Å². The van der Waals surface area contributed by atoms with Crippen molar-refractivity contribution in [3.63, 3.8) is 0 Å². The molecule has 0 aliphatic carbocycles. The second kappa shape index (κ2) is 8.94. The molecular formula is C16H27NO2. The van der Waals surface area contributed by atoms with Gasteiger partial charge in [-0.25, -0.2) is 0 Å². The highest BCUT2D eigenvalue weighted by Gasteiger charge is 2.14. The van der Waals surface area contributed by atoms with Crippen molar-refractivity contribution in [2.45, 2.75) is 33.2 Å². The summed E-state index contributed by atoms with van der Waals surface area (Å²) in [7, 11) is 1.76. The van der Waals surface area contributed by atoms with Crippen LogP contribution in [0.2, 0.25) is 0 Å². The molecule has 0 spiro atoms. The number of hydrogen-bond donors (Lipinski definition) is 1. The van der Waals surface area contributed by atoms with Crippen molar-refractivity contribution in [1.82, 2.24) is 5.32 Å². The average molecular weight is 265 g/mol. The molecule has 0 amide bonds. The molecule has 0 saturated carbocycles. The molecule has 19 heavy (non-hydrogen) atoms. The smallest absolute Gasteiger partial charge is 0.119 e. The van der Waals surface area contributed by atoms with Crippen LogP contribution in [0, 0.1) is 5.92 Å². The number of hydrogen-bond acceptors (Lipinski definition) is 3. The van der Waals surface area contributed by atoms with Crippen LogP contribution >= 0.6 is 0 Å². The maximum atomic E-state index is 5.48. The van der Waals surface area contributed by atoms with Crippen molar-refractivity contribution in [2.75, 3.05) is 26.9 Å². The van der Waals surface area contributed by atoms with Gasteiger partial charge in [-0.2, -0.15) is 0 Å². The van der Waals surface area contributed by atoms with Gasteiger partial charge in [-0.05, 0) is 43.5 Å². The van der Waals surface area contributed by atoms with Gasteiger partial charge in [0.15, 0.2) is 0 Å². The van der Waals surface area contributed by atoms with Gasteiger partial charge in [-0.3, -0.25) is 0 Å². The van der Waals surface area contributed by atoms with Crippen LogP contribution in [-0.4, -0.2) is 26.9 Å². The fraction of sp³-hybridized carbons (Fsp3) is 0.625. The number of ether oxygens (including phenoxy) is 2. The lowest BCUT2D eigenvalue weighted by atomic mass is 9.96. The fourth-order valence-electron chi connectivity index (χ4n) is 2.30. The minimum absolute atomic E-state index is 0.380. The SMILES string of the molecule is CCNC(CC(C)COC)c1ccc(OCC)cc1. The number of methoxy groups -OCH3 is 1. The molecule has 0 radical (unpaired) electrons. The summed E-state index contributed by atoms with van der Waals surface area (Å²) in [6.45, 7) is 8.85. The summed E-state index contributed by atoms with van der Waals surface area (Å²) in [5.41, 5.74) is 1.31. The maximum Gasteiger partial charge on any atom is 0.119 e. The summed E-state index contributed by atoms with van der Waals surface area (Å²) in [6, 6.07) is 8.77. The highest BCUT2D eigenvalue weighted by molar-refractivity contribution is 5.29. The van der Waals surface area contributed by atoms with Crippen molar-refractivity contribution in [3.05, 3.63) is 29.8 Å². The zero-order valence-electron chi connectivity index (χ0n) is 12.6. The standard InChI is InChI=1S/C16H27NO2/c1-5-17-16(11-13(3)12-18-4)14-7-9-15(10-8-14)19-6-2/h7-10,13,16-17H,5-6,11-12H2,1-4H3. The first-order chi connectivity index (χ1) is 9.21. The summed E-state index contributed by atoms with van der Waals surface area (Å²) in [4.78, 5) is 0. The summed E-state index contributed by atoms with van der Waals surface area (Å²) < 4.78 is 10.7. The molecule has 2 atom stereocenters. The van der Waals surface area contributed by atoms with Crippen LogP contribution in [0.25, 0.3) is 0 Å². The van der Waals surface area contributed by atoms with E-state index in [0.29, 0.717) is 18.6 Å². The Bertz CT molecular complexity index is 337. The van der Waals surface area contributed by atoms with E-state index in [0.717, 1.165) is 25.3 Å². The minimum atomic E-state index is 0.380. The van der Waals surface area contributed by atoms with Crippen LogP contribution in [0.15, 0.2) is 24.3 Å². The van der Waals surface area contributed by atoms with E-state index in [1.54, 1.807) is 7.11 Å². The van der Waals surface area contributed by atoms with E-state index in [-0.39, 0.29) is 0 Å².